The van der Waals surface area contributed by atoms with Crippen molar-refractivity contribution in [2.24, 2.45) is 0 Å². The van der Waals surface area contributed by atoms with Gasteiger partial charge in [0.05, 0.1) is 5.69 Å². The van der Waals surface area contributed by atoms with E-state index in [1.807, 2.05) is 18.2 Å². The summed E-state index contributed by atoms with van der Waals surface area (Å²) in [6.07, 6.45) is 1.99. The minimum Gasteiger partial charge on any atom is -0.265 e. The van der Waals surface area contributed by atoms with Crippen molar-refractivity contribution in [2.45, 2.75) is 23.2 Å². The Balaban J connectivity index is 1.87. The molecule has 0 atom stereocenters. The monoisotopic (exact) mass is 303 g/mol. The van der Waals surface area contributed by atoms with Gasteiger partial charge < -0.3 is 0 Å². The largest absolute Gasteiger partial charge is 0.267 e. The molecule has 0 N–H and O–H groups in total. The lowest BCUT2D eigenvalue weighted by Crippen LogP contribution is -2.32. The maximum atomic E-state index is 13.9. The summed E-state index contributed by atoms with van der Waals surface area (Å²) in [5, 5.41) is 0. The molecule has 1 spiro atoms. The van der Waals surface area contributed by atoms with E-state index in [2.05, 4.69) is 0 Å². The van der Waals surface area contributed by atoms with Gasteiger partial charge in [-0.15, -0.1) is 0 Å². The van der Waals surface area contributed by atoms with Gasteiger partial charge in [-0.25, -0.2) is 12.8 Å². The van der Waals surface area contributed by atoms with Crippen LogP contribution in [0.1, 0.15) is 18.4 Å². The van der Waals surface area contributed by atoms with Crippen molar-refractivity contribution in [3.05, 3.63) is 59.9 Å². The maximum Gasteiger partial charge on any atom is 0.267 e. The number of halogens is 1. The number of benzene rings is 2. The molecule has 1 fully saturated rings. The van der Waals surface area contributed by atoms with Gasteiger partial charge in [0.25, 0.3) is 10.0 Å². The maximum absolute atomic E-state index is 13.9. The molecule has 4 rings (SSSR count). The molecule has 0 aromatic heterocycles. The third-order valence-electron chi connectivity index (χ3n) is 4.45. The summed E-state index contributed by atoms with van der Waals surface area (Å²) in [5.74, 6) is -0.702. The number of para-hydroxylation sites is 1. The van der Waals surface area contributed by atoms with Crippen LogP contribution in [0, 0.1) is 5.82 Å². The molecule has 3 nitrogen and oxygen atoms in total. The first-order valence-corrected chi connectivity index (χ1v) is 8.35. The summed E-state index contributed by atoms with van der Waals surface area (Å²) < 4.78 is 40.9. The second-order valence-corrected chi connectivity index (χ2v) is 7.57. The molecular weight excluding hydrogens is 289 g/mol. The summed E-state index contributed by atoms with van der Waals surface area (Å²) in [6.45, 7) is 0.420. The Labute approximate surface area is 123 Å². The fraction of sp³-hybridized carbons (Fsp3) is 0.250. The molecule has 1 aliphatic heterocycles. The van der Waals surface area contributed by atoms with Crippen LogP contribution in [0.25, 0.3) is 0 Å². The van der Waals surface area contributed by atoms with E-state index >= 15 is 0 Å². The van der Waals surface area contributed by atoms with Gasteiger partial charge in [0.2, 0.25) is 0 Å². The van der Waals surface area contributed by atoms with Crippen molar-refractivity contribution < 1.29 is 12.8 Å². The first-order valence-electron chi connectivity index (χ1n) is 6.91. The fourth-order valence-corrected chi connectivity index (χ4v) is 4.79. The molecule has 1 saturated carbocycles. The van der Waals surface area contributed by atoms with Crippen molar-refractivity contribution in [3.8, 4) is 0 Å². The highest BCUT2D eigenvalue weighted by Gasteiger charge is 2.54. The van der Waals surface area contributed by atoms with Gasteiger partial charge >= 0.3 is 0 Å². The Bertz CT molecular complexity index is 828. The number of sulfonamides is 1. The van der Waals surface area contributed by atoms with Crippen LogP contribution in [0.5, 0.6) is 0 Å². The second kappa shape index (κ2) is 4.07. The normalized spacial score (nSPS) is 18.8. The van der Waals surface area contributed by atoms with Crippen molar-refractivity contribution >= 4 is 15.7 Å². The van der Waals surface area contributed by atoms with Gasteiger partial charge in [-0.05, 0) is 36.6 Å². The van der Waals surface area contributed by atoms with E-state index in [1.165, 1.54) is 22.5 Å². The summed E-state index contributed by atoms with van der Waals surface area (Å²) >= 11 is 0. The number of hydrogen-bond acceptors (Lipinski definition) is 2. The van der Waals surface area contributed by atoms with Gasteiger partial charge in [-0.1, -0.05) is 30.3 Å². The molecule has 0 saturated heterocycles. The van der Waals surface area contributed by atoms with Gasteiger partial charge in [-0.2, -0.15) is 0 Å². The van der Waals surface area contributed by atoms with E-state index in [4.69, 9.17) is 0 Å². The topological polar surface area (TPSA) is 37.4 Å². The highest BCUT2D eigenvalue weighted by molar-refractivity contribution is 7.92. The highest BCUT2D eigenvalue weighted by atomic mass is 32.2. The molecule has 2 aromatic rings. The zero-order valence-corrected chi connectivity index (χ0v) is 12.1. The van der Waals surface area contributed by atoms with Crippen molar-refractivity contribution in [2.75, 3.05) is 10.8 Å². The van der Waals surface area contributed by atoms with Crippen LogP contribution in [-0.2, 0) is 15.4 Å². The fourth-order valence-electron chi connectivity index (χ4n) is 3.15. The van der Waals surface area contributed by atoms with E-state index in [0.29, 0.717) is 12.2 Å². The number of rotatable bonds is 2. The van der Waals surface area contributed by atoms with Crippen LogP contribution in [0.4, 0.5) is 10.1 Å². The zero-order valence-electron chi connectivity index (χ0n) is 11.3. The SMILES string of the molecule is O=S(=O)(c1ccccc1F)N1CC2(CC2)c2ccccc21. The first kappa shape index (κ1) is 12.8. The van der Waals surface area contributed by atoms with E-state index in [9.17, 15) is 12.8 Å². The van der Waals surface area contributed by atoms with Gasteiger partial charge in [-0.3, -0.25) is 4.31 Å². The summed E-state index contributed by atoms with van der Waals surface area (Å²) in [6, 6.07) is 13.1. The van der Waals surface area contributed by atoms with Gasteiger partial charge in [0.1, 0.15) is 10.7 Å². The molecule has 0 radical (unpaired) electrons. The van der Waals surface area contributed by atoms with Gasteiger partial charge in [0.15, 0.2) is 0 Å². The van der Waals surface area contributed by atoms with Crippen LogP contribution in [0.2, 0.25) is 0 Å². The lowest BCUT2D eigenvalue weighted by molar-refractivity contribution is 0.562. The Kier molecular flexibility index (Phi) is 2.49. The molecule has 0 unspecified atom stereocenters. The second-order valence-electron chi connectivity index (χ2n) is 5.74. The van der Waals surface area contributed by atoms with Crippen molar-refractivity contribution in [3.63, 3.8) is 0 Å². The lowest BCUT2D eigenvalue weighted by Gasteiger charge is -2.20. The first-order chi connectivity index (χ1) is 10.0. The molecule has 1 heterocycles. The lowest BCUT2D eigenvalue weighted by atomic mass is 9.99. The van der Waals surface area contributed by atoms with E-state index in [0.717, 1.165) is 18.4 Å². The third kappa shape index (κ3) is 1.73. The van der Waals surface area contributed by atoms with Crippen LogP contribution >= 0.6 is 0 Å². The van der Waals surface area contributed by atoms with Crippen molar-refractivity contribution in [1.82, 2.24) is 0 Å². The minimum atomic E-state index is -3.86. The average Bonchev–Trinajstić information content (AvgIpc) is 3.17. The molecule has 108 valence electrons. The number of nitrogens with zero attached hydrogens (tertiary/aromatic N) is 1. The Morgan fingerprint density at radius 2 is 1.67 bits per heavy atom. The number of anilines is 1. The van der Waals surface area contributed by atoms with Crippen LogP contribution in [0.15, 0.2) is 53.4 Å². The molecule has 2 aromatic carbocycles. The molecule has 1 aliphatic carbocycles. The Hall–Kier alpha value is -1.88. The predicted octanol–water partition coefficient (Wildman–Crippen LogP) is 3.07. The Morgan fingerprint density at radius 3 is 2.38 bits per heavy atom. The third-order valence-corrected chi connectivity index (χ3v) is 6.24. The van der Waals surface area contributed by atoms with E-state index in [-0.39, 0.29) is 10.3 Å². The number of hydrogen-bond donors (Lipinski definition) is 0. The van der Waals surface area contributed by atoms with Crippen LogP contribution < -0.4 is 4.31 Å². The summed E-state index contributed by atoms with van der Waals surface area (Å²) in [7, 11) is -3.86. The summed E-state index contributed by atoms with van der Waals surface area (Å²) in [5.41, 5.74) is 1.72. The molecule has 2 aliphatic rings. The average molecular weight is 303 g/mol. The molecule has 5 heteroatoms. The van der Waals surface area contributed by atoms with Gasteiger partial charge in [0, 0.05) is 12.0 Å². The Morgan fingerprint density at radius 1 is 1.00 bits per heavy atom. The van der Waals surface area contributed by atoms with E-state index in [1.54, 1.807) is 12.1 Å². The predicted molar refractivity (Wildman–Crippen MR) is 78.3 cm³/mol. The standard InChI is InChI=1S/C16H14FNO2S/c17-13-6-2-4-8-15(13)21(19,20)18-11-16(9-10-16)12-5-1-3-7-14(12)18/h1-8H,9-11H2. The molecule has 0 bridgehead atoms. The number of fused-ring (bicyclic) bond motifs is 2. The van der Waals surface area contributed by atoms with Crippen molar-refractivity contribution in [1.29, 1.82) is 0 Å². The molecule has 21 heavy (non-hydrogen) atoms. The molecule has 0 amide bonds. The summed E-state index contributed by atoms with van der Waals surface area (Å²) in [4.78, 5) is -0.252. The van der Waals surface area contributed by atoms with Crippen LogP contribution in [0.3, 0.4) is 0 Å². The van der Waals surface area contributed by atoms with Crippen LogP contribution in [-0.4, -0.2) is 15.0 Å². The smallest absolute Gasteiger partial charge is 0.265 e. The van der Waals surface area contributed by atoms with E-state index < -0.39 is 15.8 Å². The highest BCUT2D eigenvalue weighted by Crippen LogP contribution is 2.57. The zero-order chi connectivity index (χ0) is 14.7. The quantitative estimate of drug-likeness (QED) is 0.855. The minimum absolute atomic E-state index is 0.0467. The molecular formula is C16H14FNO2S.